The maximum atomic E-state index is 14.3. The van der Waals surface area contributed by atoms with Gasteiger partial charge < -0.3 is 14.7 Å². The van der Waals surface area contributed by atoms with Crippen molar-refractivity contribution in [3.05, 3.63) is 48.6 Å². The van der Waals surface area contributed by atoms with Crippen LogP contribution in [-0.4, -0.2) is 75.3 Å². The maximum Gasteiger partial charge on any atom is 0.406 e. The van der Waals surface area contributed by atoms with E-state index >= 15 is 0 Å². The number of hydrogen-bond donors (Lipinski definition) is 2. The number of aliphatic hydroxyl groups excluding tert-OH is 1. The van der Waals surface area contributed by atoms with Crippen LogP contribution in [0.4, 0.5) is 32.0 Å². The maximum absolute atomic E-state index is 14.3. The van der Waals surface area contributed by atoms with Crippen LogP contribution in [0.15, 0.2) is 53.4 Å². The van der Waals surface area contributed by atoms with Crippen LogP contribution in [0, 0.1) is 5.92 Å². The Morgan fingerprint density at radius 2 is 1.73 bits per heavy atom. The third kappa shape index (κ3) is 4.50. The van der Waals surface area contributed by atoms with Crippen molar-refractivity contribution in [2.24, 2.45) is 5.92 Å². The number of anilines is 1. The van der Waals surface area contributed by atoms with E-state index in [1.165, 1.54) is 18.2 Å². The monoisotopic (exact) mass is 570 g/mol. The minimum atomic E-state index is -5.40. The van der Waals surface area contributed by atoms with Gasteiger partial charge in [0.2, 0.25) is 10.0 Å². The standard InChI is InChI=1S/C23H24F6N2O4S2/c1-31(2)16-7-3-6-15-14(16)5-4-8-17(15)37(33,34)30-13-20-10-9-18(35-20)21(23(27,28)29,36-12-11-32)19(20)22(24,25)26/h3-10,18-19,30,32H,11-13H2,1-2H3. The Labute approximate surface area is 213 Å². The van der Waals surface area contributed by atoms with Gasteiger partial charge in [-0.15, -0.1) is 11.8 Å². The number of fused-ring (bicyclic) bond motifs is 3. The number of alkyl halides is 6. The summed E-state index contributed by atoms with van der Waals surface area (Å²) in [4.78, 5) is 1.53. The minimum Gasteiger partial charge on any atom is -0.396 e. The van der Waals surface area contributed by atoms with E-state index in [0.29, 0.717) is 16.5 Å². The van der Waals surface area contributed by atoms with Crippen LogP contribution in [0.2, 0.25) is 0 Å². The first-order chi connectivity index (χ1) is 17.1. The van der Waals surface area contributed by atoms with Gasteiger partial charge in [-0.05, 0) is 12.1 Å². The molecule has 2 N–H and O–H groups in total. The predicted octanol–water partition coefficient (Wildman–Crippen LogP) is 4.10. The Morgan fingerprint density at radius 1 is 1.08 bits per heavy atom. The molecule has 2 aliphatic heterocycles. The average molecular weight is 571 g/mol. The van der Waals surface area contributed by atoms with E-state index in [-0.39, 0.29) is 16.7 Å². The van der Waals surface area contributed by atoms with Gasteiger partial charge in [-0.1, -0.05) is 36.4 Å². The summed E-state index contributed by atoms with van der Waals surface area (Å²) in [7, 11) is -0.970. The van der Waals surface area contributed by atoms with Gasteiger partial charge in [0.05, 0.1) is 11.5 Å². The van der Waals surface area contributed by atoms with Crippen molar-refractivity contribution in [3.63, 3.8) is 0 Å². The third-order valence-corrected chi connectivity index (χ3v) is 9.63. The summed E-state index contributed by atoms with van der Waals surface area (Å²) in [5.74, 6) is -3.74. The zero-order valence-electron chi connectivity index (χ0n) is 19.6. The topological polar surface area (TPSA) is 78.9 Å². The van der Waals surface area contributed by atoms with E-state index in [0.717, 1.165) is 12.2 Å². The molecule has 0 amide bonds. The van der Waals surface area contributed by atoms with Gasteiger partial charge in [-0.3, -0.25) is 0 Å². The van der Waals surface area contributed by atoms with Crippen LogP contribution >= 0.6 is 11.8 Å². The molecule has 0 aliphatic carbocycles. The van der Waals surface area contributed by atoms with Crippen molar-refractivity contribution in [3.8, 4) is 0 Å². The number of benzene rings is 2. The van der Waals surface area contributed by atoms with Gasteiger partial charge in [-0.2, -0.15) is 26.3 Å². The fourth-order valence-corrected chi connectivity index (χ4v) is 7.85. The number of nitrogens with zero attached hydrogens (tertiary/aromatic N) is 1. The van der Waals surface area contributed by atoms with Crippen LogP contribution in [0.1, 0.15) is 0 Å². The van der Waals surface area contributed by atoms with E-state index in [9.17, 15) is 34.8 Å². The molecule has 0 spiro atoms. The first-order valence-corrected chi connectivity index (χ1v) is 13.5. The summed E-state index contributed by atoms with van der Waals surface area (Å²) < 4.78 is 116. The van der Waals surface area contributed by atoms with Crippen molar-refractivity contribution < 1.29 is 44.6 Å². The van der Waals surface area contributed by atoms with Gasteiger partial charge in [0.25, 0.3) is 0 Å². The summed E-state index contributed by atoms with van der Waals surface area (Å²) in [6.45, 7) is -1.85. The molecule has 14 heteroatoms. The molecule has 0 radical (unpaired) electrons. The molecule has 204 valence electrons. The van der Waals surface area contributed by atoms with E-state index in [2.05, 4.69) is 4.72 Å². The number of aliphatic hydroxyl groups is 1. The quantitative estimate of drug-likeness (QED) is 0.368. The largest absolute Gasteiger partial charge is 0.406 e. The highest BCUT2D eigenvalue weighted by molar-refractivity contribution is 8.00. The highest BCUT2D eigenvalue weighted by Gasteiger charge is 2.81. The van der Waals surface area contributed by atoms with E-state index in [4.69, 9.17) is 9.84 Å². The van der Waals surface area contributed by atoms with E-state index in [1.54, 1.807) is 37.2 Å². The molecule has 0 saturated carbocycles. The second-order valence-electron chi connectivity index (χ2n) is 9.04. The lowest BCUT2D eigenvalue weighted by Gasteiger charge is -2.43. The van der Waals surface area contributed by atoms with Crippen LogP contribution in [0.25, 0.3) is 10.8 Å². The second-order valence-corrected chi connectivity index (χ2v) is 12.1. The fourth-order valence-electron chi connectivity index (χ4n) is 5.17. The molecule has 4 unspecified atom stereocenters. The molecule has 37 heavy (non-hydrogen) atoms. The summed E-state index contributed by atoms with van der Waals surface area (Å²) >= 11 is -0.0822. The van der Waals surface area contributed by atoms with Crippen molar-refractivity contribution in [1.82, 2.24) is 4.72 Å². The molecule has 1 saturated heterocycles. The van der Waals surface area contributed by atoms with Crippen LogP contribution in [0.3, 0.4) is 0 Å². The zero-order valence-corrected chi connectivity index (χ0v) is 21.2. The number of ether oxygens (including phenoxy) is 1. The lowest BCUT2D eigenvalue weighted by atomic mass is 9.73. The Balaban J connectivity index is 1.74. The lowest BCUT2D eigenvalue weighted by Crippen LogP contribution is -2.63. The lowest BCUT2D eigenvalue weighted by molar-refractivity contribution is -0.242. The number of rotatable bonds is 8. The molecule has 0 aromatic heterocycles. The van der Waals surface area contributed by atoms with Crippen LogP contribution in [0.5, 0.6) is 0 Å². The minimum absolute atomic E-state index is 0.0822. The Hall–Kier alpha value is -2.00. The summed E-state index contributed by atoms with van der Waals surface area (Å²) in [5.41, 5.74) is -1.94. The third-order valence-electron chi connectivity index (χ3n) is 6.61. The van der Waals surface area contributed by atoms with Crippen molar-refractivity contribution in [1.29, 1.82) is 0 Å². The molecule has 2 aromatic rings. The smallest absolute Gasteiger partial charge is 0.396 e. The molecule has 2 heterocycles. The van der Waals surface area contributed by atoms with E-state index < -0.39 is 63.7 Å². The van der Waals surface area contributed by atoms with Crippen LogP contribution in [-0.2, 0) is 14.8 Å². The number of halogens is 6. The SMILES string of the molecule is CN(C)c1cccc2c(S(=O)(=O)NCC34C=CC(O3)C(SCCO)(C(F)(F)F)C4C(F)(F)F)cccc12. The summed E-state index contributed by atoms with van der Waals surface area (Å²) in [5, 5.41) is 9.94. The molecule has 4 atom stereocenters. The number of sulfonamides is 1. The van der Waals surface area contributed by atoms with E-state index in [1.807, 2.05) is 0 Å². The summed E-state index contributed by atoms with van der Waals surface area (Å²) in [6.07, 6.45) is -11.0. The number of nitrogens with one attached hydrogen (secondary N) is 1. The Bertz CT molecular complexity index is 1310. The Kier molecular flexibility index (Phi) is 7.06. The number of thioether (sulfide) groups is 1. The molecule has 2 aromatic carbocycles. The summed E-state index contributed by atoms with van der Waals surface area (Å²) in [6, 6.07) is 9.33. The first-order valence-electron chi connectivity index (χ1n) is 11.0. The van der Waals surface area contributed by atoms with Gasteiger partial charge in [0, 0.05) is 42.9 Å². The molecule has 2 aliphatic rings. The molecular weight excluding hydrogens is 546 g/mol. The average Bonchev–Trinajstić information content (AvgIpc) is 3.35. The molecule has 1 fully saturated rings. The Morgan fingerprint density at radius 3 is 2.32 bits per heavy atom. The second kappa shape index (κ2) is 9.33. The van der Waals surface area contributed by atoms with Crippen LogP contribution < -0.4 is 9.62 Å². The molecule has 6 nitrogen and oxygen atoms in total. The highest BCUT2D eigenvalue weighted by atomic mass is 32.2. The van der Waals surface area contributed by atoms with Gasteiger partial charge in [0.15, 0.2) is 4.75 Å². The fraction of sp³-hybridized carbons (Fsp3) is 0.478. The predicted molar refractivity (Wildman–Crippen MR) is 128 cm³/mol. The highest BCUT2D eigenvalue weighted by Crippen LogP contribution is 2.66. The van der Waals surface area contributed by atoms with Gasteiger partial charge in [-0.25, -0.2) is 13.1 Å². The molecular formula is C23H24F6N2O4S2. The van der Waals surface area contributed by atoms with Crippen molar-refractivity contribution >= 4 is 38.2 Å². The number of hydrogen-bond acceptors (Lipinski definition) is 6. The first kappa shape index (κ1) is 28.0. The van der Waals surface area contributed by atoms with Crippen molar-refractivity contribution in [2.45, 2.75) is 33.7 Å². The van der Waals surface area contributed by atoms with Gasteiger partial charge in [0.1, 0.15) is 17.6 Å². The zero-order chi connectivity index (χ0) is 27.4. The van der Waals surface area contributed by atoms with Crippen molar-refractivity contribution in [2.75, 3.05) is 37.9 Å². The normalized spacial score (nSPS) is 27.8. The molecule has 2 bridgehead atoms. The van der Waals surface area contributed by atoms with Gasteiger partial charge >= 0.3 is 12.4 Å². The molecule has 4 rings (SSSR count).